The summed E-state index contributed by atoms with van der Waals surface area (Å²) in [7, 11) is 0. The number of aromatic nitrogens is 7. The van der Waals surface area contributed by atoms with E-state index in [0.29, 0.717) is 19.8 Å². The number of hydrogen-bond acceptors (Lipinski definition) is 11. The molecule has 2 fully saturated rings. The predicted molar refractivity (Wildman–Crippen MR) is 174 cm³/mol. The van der Waals surface area contributed by atoms with Crippen LogP contribution in [0, 0.1) is 0 Å². The van der Waals surface area contributed by atoms with Gasteiger partial charge in [0.2, 0.25) is 5.79 Å². The zero-order chi connectivity index (χ0) is 31.5. The summed E-state index contributed by atoms with van der Waals surface area (Å²) in [5.41, 5.74) is 3.02. The summed E-state index contributed by atoms with van der Waals surface area (Å²) in [6, 6.07) is 16.4. The lowest BCUT2D eigenvalue weighted by Crippen LogP contribution is -2.46. The zero-order valence-corrected chi connectivity index (χ0v) is 26.7. The third-order valence-corrected chi connectivity index (χ3v) is 9.46. The van der Waals surface area contributed by atoms with Gasteiger partial charge in [-0.05, 0) is 61.9 Å². The fourth-order valence-electron chi connectivity index (χ4n) is 5.81. The molecular weight excluding hydrogens is 606 g/mol. The molecule has 3 unspecified atom stereocenters. The molecule has 2 aromatic carbocycles. The van der Waals surface area contributed by atoms with Crippen LogP contribution in [-0.4, -0.2) is 79.6 Å². The van der Waals surface area contributed by atoms with Gasteiger partial charge in [0.05, 0.1) is 18.3 Å². The number of rotatable bonds is 11. The maximum absolute atomic E-state index is 12.8. The van der Waals surface area contributed by atoms with Crippen molar-refractivity contribution in [1.82, 2.24) is 34.1 Å². The van der Waals surface area contributed by atoms with E-state index in [-0.39, 0.29) is 17.8 Å². The summed E-state index contributed by atoms with van der Waals surface area (Å²) in [6.45, 7) is 8.77. The van der Waals surface area contributed by atoms with E-state index in [9.17, 15) is 4.79 Å². The molecule has 13 nitrogen and oxygen atoms in total. The fraction of sp³-hybridized carbons (Fsp3) is 0.406. The van der Waals surface area contributed by atoms with Crippen LogP contribution >= 0.6 is 11.3 Å². The first-order valence-electron chi connectivity index (χ1n) is 15.5. The van der Waals surface area contributed by atoms with Crippen molar-refractivity contribution in [1.29, 1.82) is 0 Å². The molecule has 0 radical (unpaired) electrons. The van der Waals surface area contributed by atoms with Crippen LogP contribution in [0.1, 0.15) is 31.3 Å². The van der Waals surface area contributed by atoms with Crippen molar-refractivity contribution in [2.45, 2.75) is 44.7 Å². The van der Waals surface area contributed by atoms with Gasteiger partial charge in [0.25, 0.3) is 0 Å². The lowest BCUT2D eigenvalue weighted by Gasteiger charge is -2.37. The molecule has 2 aliphatic heterocycles. The Morgan fingerprint density at radius 1 is 0.978 bits per heavy atom. The van der Waals surface area contributed by atoms with Crippen LogP contribution in [0.15, 0.2) is 83.9 Å². The van der Waals surface area contributed by atoms with Crippen LogP contribution < -0.4 is 20.2 Å². The van der Waals surface area contributed by atoms with Crippen LogP contribution in [0.25, 0.3) is 5.69 Å². The van der Waals surface area contributed by atoms with Crippen molar-refractivity contribution in [2.24, 2.45) is 0 Å². The number of hydrogen-bond donors (Lipinski definition) is 0. The molecule has 2 saturated heterocycles. The van der Waals surface area contributed by atoms with Gasteiger partial charge in [-0.25, -0.2) is 28.7 Å². The van der Waals surface area contributed by atoms with Gasteiger partial charge in [0.15, 0.2) is 5.01 Å². The van der Waals surface area contributed by atoms with E-state index in [1.807, 2.05) is 36.6 Å². The molecule has 2 aliphatic rings. The van der Waals surface area contributed by atoms with Crippen LogP contribution in [0.2, 0.25) is 0 Å². The average Bonchev–Trinajstić information content (AvgIpc) is 3.93. The highest BCUT2D eigenvalue weighted by atomic mass is 32.1. The molecule has 0 bridgehead atoms. The van der Waals surface area contributed by atoms with Crippen molar-refractivity contribution in [3.63, 3.8) is 0 Å². The molecule has 5 heterocycles. The number of anilines is 2. The fourth-order valence-corrected chi connectivity index (χ4v) is 6.53. The summed E-state index contributed by atoms with van der Waals surface area (Å²) >= 11 is 1.49. The van der Waals surface area contributed by atoms with Gasteiger partial charge >= 0.3 is 5.69 Å². The molecule has 3 atom stereocenters. The van der Waals surface area contributed by atoms with E-state index >= 15 is 0 Å². The van der Waals surface area contributed by atoms with E-state index in [4.69, 9.17) is 14.2 Å². The van der Waals surface area contributed by atoms with Gasteiger partial charge in [-0.15, -0.1) is 11.3 Å². The molecule has 240 valence electrons. The second kappa shape index (κ2) is 13.1. The Hall–Kier alpha value is -4.53. The van der Waals surface area contributed by atoms with Crippen LogP contribution in [0.5, 0.6) is 5.75 Å². The molecule has 0 aliphatic carbocycles. The smallest absolute Gasteiger partial charge is 0.350 e. The van der Waals surface area contributed by atoms with E-state index in [1.165, 1.54) is 17.7 Å². The number of piperazine rings is 1. The minimum absolute atomic E-state index is 0.0717. The average molecular weight is 644 g/mol. The SMILES string of the molecule is CCC(C)n1ncn(-c2ccc(N3CCN(c4ccc(OCC5COC(Cn6cncn6)(c6nccs6)O5)cc4)CC3)cc2)c1=O. The lowest BCUT2D eigenvalue weighted by atomic mass is 10.2. The maximum atomic E-state index is 12.8. The van der Waals surface area contributed by atoms with Crippen molar-refractivity contribution >= 4 is 22.7 Å². The number of ether oxygens (including phenoxy) is 3. The molecule has 14 heteroatoms. The Kier molecular flexibility index (Phi) is 8.56. The summed E-state index contributed by atoms with van der Waals surface area (Å²) in [5.74, 6) is -0.233. The largest absolute Gasteiger partial charge is 0.491 e. The molecule has 46 heavy (non-hydrogen) atoms. The Labute approximate surface area is 270 Å². The predicted octanol–water partition coefficient (Wildman–Crippen LogP) is 3.73. The van der Waals surface area contributed by atoms with Gasteiger partial charge in [0, 0.05) is 49.1 Å². The Morgan fingerprint density at radius 3 is 2.30 bits per heavy atom. The van der Waals surface area contributed by atoms with Gasteiger partial charge in [-0.2, -0.15) is 10.2 Å². The van der Waals surface area contributed by atoms with E-state index in [2.05, 4.69) is 61.2 Å². The second-order valence-electron chi connectivity index (χ2n) is 11.5. The van der Waals surface area contributed by atoms with Gasteiger partial charge < -0.3 is 24.0 Å². The Balaban J connectivity index is 0.908. The Bertz CT molecular complexity index is 1750. The van der Waals surface area contributed by atoms with Gasteiger partial charge in [-0.1, -0.05) is 6.92 Å². The third-order valence-electron chi connectivity index (χ3n) is 8.57. The molecule has 7 rings (SSSR count). The first-order valence-corrected chi connectivity index (χ1v) is 16.4. The molecular formula is C32H37N9O4S. The van der Waals surface area contributed by atoms with Crippen LogP contribution in [0.3, 0.4) is 0 Å². The topological polar surface area (TPSA) is 118 Å². The van der Waals surface area contributed by atoms with E-state index in [1.54, 1.807) is 32.8 Å². The van der Waals surface area contributed by atoms with Gasteiger partial charge in [0.1, 0.15) is 44.0 Å². The highest BCUT2D eigenvalue weighted by Gasteiger charge is 2.46. The number of benzene rings is 2. The first kappa shape index (κ1) is 30.1. The van der Waals surface area contributed by atoms with Crippen LogP contribution in [0.4, 0.5) is 11.4 Å². The standard InChI is InChI=1S/C32H37N9O4S/c1-3-24(2)41-31(42)40(23-36-41)27-6-4-25(5-7-27)37-13-15-38(16-14-37)26-8-10-28(11-9-26)43-18-29-19-44-32(45-29,30-34-12-17-46-30)20-39-22-33-21-35-39/h4-12,17,21-24,29H,3,13-16,18-20H2,1-2H3. The summed E-state index contributed by atoms with van der Waals surface area (Å²) in [6.07, 6.45) is 7.08. The zero-order valence-electron chi connectivity index (χ0n) is 25.9. The lowest BCUT2D eigenvalue weighted by molar-refractivity contribution is -0.190. The van der Waals surface area contributed by atoms with Crippen LogP contribution in [-0.2, 0) is 21.8 Å². The van der Waals surface area contributed by atoms with Crippen molar-refractivity contribution in [3.05, 3.63) is 94.6 Å². The molecule has 0 saturated carbocycles. The third kappa shape index (κ3) is 6.15. The minimum atomic E-state index is -1.01. The normalized spacial score (nSPS) is 20.7. The molecule has 0 N–H and O–H groups in total. The van der Waals surface area contributed by atoms with E-state index < -0.39 is 5.79 Å². The molecule has 5 aromatic rings. The number of thiazole rings is 1. The summed E-state index contributed by atoms with van der Waals surface area (Å²) in [4.78, 5) is 26.0. The second-order valence-corrected chi connectivity index (χ2v) is 12.4. The highest BCUT2D eigenvalue weighted by molar-refractivity contribution is 7.09. The molecule has 0 amide bonds. The van der Waals surface area contributed by atoms with E-state index in [0.717, 1.165) is 60.4 Å². The monoisotopic (exact) mass is 643 g/mol. The van der Waals surface area contributed by atoms with Gasteiger partial charge in [-0.3, -0.25) is 0 Å². The maximum Gasteiger partial charge on any atom is 0.350 e. The number of nitrogens with zero attached hydrogens (tertiary/aromatic N) is 9. The molecule has 0 spiro atoms. The van der Waals surface area contributed by atoms with Crippen molar-refractivity contribution in [3.8, 4) is 11.4 Å². The summed E-state index contributed by atoms with van der Waals surface area (Å²) < 4.78 is 23.5. The minimum Gasteiger partial charge on any atom is -0.491 e. The van der Waals surface area contributed by atoms with Crippen molar-refractivity contribution < 1.29 is 14.2 Å². The Morgan fingerprint density at radius 2 is 1.67 bits per heavy atom. The molecule has 3 aromatic heterocycles. The highest BCUT2D eigenvalue weighted by Crippen LogP contribution is 2.37. The van der Waals surface area contributed by atoms with Crippen molar-refractivity contribution in [2.75, 3.05) is 49.2 Å². The quantitative estimate of drug-likeness (QED) is 0.211. The first-order chi connectivity index (χ1) is 22.5. The summed E-state index contributed by atoms with van der Waals surface area (Å²) in [5, 5.41) is 11.2.